The minimum atomic E-state index is -0.143. The minimum absolute atomic E-state index is 0.143. The predicted octanol–water partition coefficient (Wildman–Crippen LogP) is 1.30. The van der Waals surface area contributed by atoms with Gasteiger partial charge < -0.3 is 14.8 Å². The smallest absolute Gasteiger partial charge is 0.239 e. The zero-order valence-electron chi connectivity index (χ0n) is 12.1. The van der Waals surface area contributed by atoms with E-state index in [0.29, 0.717) is 12.6 Å². The maximum Gasteiger partial charge on any atom is 0.239 e. The Hall–Kier alpha value is -1.36. The second-order valence-corrected chi connectivity index (χ2v) is 5.47. The van der Waals surface area contributed by atoms with Crippen LogP contribution in [0, 0.1) is 0 Å². The van der Waals surface area contributed by atoms with Crippen LogP contribution in [0.3, 0.4) is 0 Å². The summed E-state index contributed by atoms with van der Waals surface area (Å²) in [5, 5.41) is 3.29. The molecule has 0 unspecified atom stereocenters. The summed E-state index contributed by atoms with van der Waals surface area (Å²) in [6.07, 6.45) is 7.09. The zero-order chi connectivity index (χ0) is 13.8. The van der Waals surface area contributed by atoms with E-state index in [4.69, 9.17) is 0 Å². The minimum Gasteiger partial charge on any atom is -0.339 e. The number of hydrogen-bond donors (Lipinski definition) is 1. The van der Waals surface area contributed by atoms with Gasteiger partial charge in [0, 0.05) is 32.4 Å². The van der Waals surface area contributed by atoms with E-state index in [9.17, 15) is 4.79 Å². The summed E-state index contributed by atoms with van der Waals surface area (Å²) in [5.74, 6) is 0.217. The van der Waals surface area contributed by atoms with Crippen molar-refractivity contribution in [3.05, 3.63) is 18.2 Å². The number of carbonyl (C=O) groups is 1. The Morgan fingerprint density at radius 2 is 2.37 bits per heavy atom. The number of hydrogen-bond acceptors (Lipinski definition) is 3. The van der Waals surface area contributed by atoms with Crippen LogP contribution < -0.4 is 5.32 Å². The van der Waals surface area contributed by atoms with Crippen molar-refractivity contribution >= 4 is 5.91 Å². The number of aryl methyl sites for hydroxylation is 1. The first kappa shape index (κ1) is 14.1. The van der Waals surface area contributed by atoms with Crippen molar-refractivity contribution in [3.63, 3.8) is 0 Å². The lowest BCUT2D eigenvalue weighted by Crippen LogP contribution is -2.50. The van der Waals surface area contributed by atoms with Crippen molar-refractivity contribution < 1.29 is 4.79 Å². The average molecular weight is 264 g/mol. The molecule has 2 rings (SSSR count). The summed E-state index contributed by atoms with van der Waals surface area (Å²) >= 11 is 0. The molecule has 1 saturated heterocycles. The number of nitrogens with one attached hydrogen (secondary N) is 1. The van der Waals surface area contributed by atoms with E-state index < -0.39 is 0 Å². The van der Waals surface area contributed by atoms with Crippen molar-refractivity contribution in [1.29, 1.82) is 0 Å². The Labute approximate surface area is 115 Å². The first-order valence-corrected chi connectivity index (χ1v) is 7.08. The highest BCUT2D eigenvalue weighted by Crippen LogP contribution is 2.17. The summed E-state index contributed by atoms with van der Waals surface area (Å²) in [4.78, 5) is 18.5. The number of nitrogens with zero attached hydrogens (tertiary/aromatic N) is 3. The van der Waals surface area contributed by atoms with Gasteiger partial charge in [-0.15, -0.1) is 0 Å². The van der Waals surface area contributed by atoms with Crippen LogP contribution in [0.1, 0.15) is 38.8 Å². The van der Waals surface area contributed by atoms with Crippen LogP contribution in [0.15, 0.2) is 12.5 Å². The summed E-state index contributed by atoms with van der Waals surface area (Å²) in [6, 6.07) is 0.234. The Kier molecular flexibility index (Phi) is 4.58. The van der Waals surface area contributed by atoms with Crippen molar-refractivity contribution in [2.24, 2.45) is 7.05 Å². The van der Waals surface area contributed by atoms with Crippen LogP contribution in [-0.2, 0) is 18.4 Å². The van der Waals surface area contributed by atoms with Gasteiger partial charge in [0.15, 0.2) is 0 Å². The van der Waals surface area contributed by atoms with E-state index in [2.05, 4.69) is 17.2 Å². The van der Waals surface area contributed by atoms with Crippen molar-refractivity contribution in [2.45, 2.75) is 51.7 Å². The van der Waals surface area contributed by atoms with Gasteiger partial charge in [0.05, 0.1) is 18.1 Å². The van der Waals surface area contributed by atoms with Gasteiger partial charge in [0.2, 0.25) is 5.91 Å². The molecule has 0 saturated carbocycles. The number of carbonyl (C=O) groups excluding carboxylic acids is 1. The molecule has 0 aromatic carbocycles. The molecule has 0 aliphatic carbocycles. The third-order valence-electron chi connectivity index (χ3n) is 3.96. The van der Waals surface area contributed by atoms with Crippen molar-refractivity contribution in [1.82, 2.24) is 19.8 Å². The zero-order valence-corrected chi connectivity index (χ0v) is 12.1. The van der Waals surface area contributed by atoms with Crippen LogP contribution in [-0.4, -0.2) is 39.0 Å². The van der Waals surface area contributed by atoms with E-state index >= 15 is 0 Å². The fourth-order valence-corrected chi connectivity index (χ4v) is 2.57. The molecule has 1 aliphatic rings. The lowest BCUT2D eigenvalue weighted by atomic mass is 10.0. The number of likely N-dealkylation sites (tertiary alicyclic amines) is 1. The monoisotopic (exact) mass is 264 g/mol. The van der Waals surface area contributed by atoms with Gasteiger partial charge in [0.1, 0.15) is 0 Å². The molecule has 1 N–H and O–H groups in total. The Morgan fingerprint density at radius 3 is 3.00 bits per heavy atom. The molecule has 106 valence electrons. The van der Waals surface area contributed by atoms with E-state index in [-0.39, 0.29) is 11.9 Å². The first-order chi connectivity index (χ1) is 9.09. The van der Waals surface area contributed by atoms with E-state index in [1.54, 1.807) is 6.33 Å². The third kappa shape index (κ3) is 3.35. The van der Waals surface area contributed by atoms with Crippen molar-refractivity contribution in [3.8, 4) is 0 Å². The maximum absolute atomic E-state index is 12.4. The van der Waals surface area contributed by atoms with Gasteiger partial charge in [-0.05, 0) is 33.1 Å². The highest BCUT2D eigenvalue weighted by Gasteiger charge is 2.26. The summed E-state index contributed by atoms with van der Waals surface area (Å²) in [5.41, 5.74) is 1.09. The molecule has 1 fully saturated rings. The molecule has 5 nitrogen and oxygen atoms in total. The van der Waals surface area contributed by atoms with Gasteiger partial charge in [0.25, 0.3) is 0 Å². The molecule has 2 atom stereocenters. The van der Waals surface area contributed by atoms with Gasteiger partial charge in [-0.3, -0.25) is 4.79 Å². The number of amides is 1. The van der Waals surface area contributed by atoms with E-state index in [0.717, 1.165) is 25.1 Å². The Bertz CT molecular complexity index is 429. The van der Waals surface area contributed by atoms with Crippen LogP contribution >= 0.6 is 0 Å². The summed E-state index contributed by atoms with van der Waals surface area (Å²) in [6.45, 7) is 5.66. The number of imidazole rings is 1. The molecule has 1 aromatic heterocycles. The second kappa shape index (κ2) is 6.19. The van der Waals surface area contributed by atoms with E-state index in [1.165, 1.54) is 6.42 Å². The molecule has 0 bridgehead atoms. The topological polar surface area (TPSA) is 50.2 Å². The quantitative estimate of drug-likeness (QED) is 0.892. The molecule has 1 amide bonds. The summed E-state index contributed by atoms with van der Waals surface area (Å²) in [7, 11) is 1.96. The SMILES string of the molecule is C[C@H](NCc1cncn1C)C(=O)N1CCCC[C@H]1C. The Morgan fingerprint density at radius 1 is 1.58 bits per heavy atom. The molecular weight excluding hydrogens is 240 g/mol. The van der Waals surface area contributed by atoms with E-state index in [1.807, 2.05) is 29.6 Å². The standard InChI is InChI=1S/C14H24N4O/c1-11-6-4-5-7-18(11)14(19)12(2)16-9-13-8-15-10-17(13)3/h8,10-12,16H,4-7,9H2,1-3H3/t11-,12+/m1/s1. The highest BCUT2D eigenvalue weighted by molar-refractivity contribution is 5.81. The van der Waals surface area contributed by atoms with Crippen LogP contribution in [0.4, 0.5) is 0 Å². The number of rotatable bonds is 4. The molecule has 0 spiro atoms. The Balaban J connectivity index is 1.87. The molecular formula is C14H24N4O. The van der Waals surface area contributed by atoms with Gasteiger partial charge in [-0.25, -0.2) is 4.98 Å². The fourth-order valence-electron chi connectivity index (χ4n) is 2.57. The lowest BCUT2D eigenvalue weighted by Gasteiger charge is -2.35. The average Bonchev–Trinajstić information content (AvgIpc) is 2.81. The molecule has 0 radical (unpaired) electrons. The molecule has 2 heterocycles. The number of piperidine rings is 1. The normalized spacial score (nSPS) is 21.4. The van der Waals surface area contributed by atoms with Crippen LogP contribution in [0.2, 0.25) is 0 Å². The fraction of sp³-hybridized carbons (Fsp3) is 0.714. The molecule has 1 aromatic rings. The molecule has 19 heavy (non-hydrogen) atoms. The second-order valence-electron chi connectivity index (χ2n) is 5.47. The largest absolute Gasteiger partial charge is 0.339 e. The number of aromatic nitrogens is 2. The summed E-state index contributed by atoms with van der Waals surface area (Å²) < 4.78 is 1.97. The highest BCUT2D eigenvalue weighted by atomic mass is 16.2. The molecule has 5 heteroatoms. The van der Waals surface area contributed by atoms with Crippen molar-refractivity contribution in [2.75, 3.05) is 6.54 Å². The maximum atomic E-state index is 12.4. The predicted molar refractivity (Wildman–Crippen MR) is 74.5 cm³/mol. The molecule has 1 aliphatic heterocycles. The first-order valence-electron chi connectivity index (χ1n) is 7.08. The van der Waals surface area contributed by atoms with Gasteiger partial charge in [-0.2, -0.15) is 0 Å². The lowest BCUT2D eigenvalue weighted by molar-refractivity contribution is -0.136. The van der Waals surface area contributed by atoms with Crippen LogP contribution in [0.5, 0.6) is 0 Å². The van der Waals surface area contributed by atoms with Crippen LogP contribution in [0.25, 0.3) is 0 Å². The third-order valence-corrected chi connectivity index (χ3v) is 3.96. The van der Waals surface area contributed by atoms with Gasteiger partial charge >= 0.3 is 0 Å². The van der Waals surface area contributed by atoms with Gasteiger partial charge in [-0.1, -0.05) is 0 Å².